The highest BCUT2D eigenvalue weighted by Crippen LogP contribution is 2.26. The van der Waals surface area contributed by atoms with E-state index in [0.717, 1.165) is 37.2 Å². The smallest absolute Gasteiger partial charge is 0.222 e. The highest BCUT2D eigenvalue weighted by molar-refractivity contribution is 7.99. The van der Waals surface area contributed by atoms with Crippen LogP contribution in [0.3, 0.4) is 0 Å². The molecule has 1 fully saturated rings. The van der Waals surface area contributed by atoms with Gasteiger partial charge in [-0.2, -0.15) is 0 Å². The van der Waals surface area contributed by atoms with E-state index in [2.05, 4.69) is 17.1 Å². The van der Waals surface area contributed by atoms with Crippen LogP contribution in [0.5, 0.6) is 0 Å². The van der Waals surface area contributed by atoms with Crippen LogP contribution in [0.2, 0.25) is 0 Å². The summed E-state index contributed by atoms with van der Waals surface area (Å²) < 4.78 is 0. The van der Waals surface area contributed by atoms with Crippen LogP contribution in [-0.4, -0.2) is 34.6 Å². The van der Waals surface area contributed by atoms with E-state index in [-0.39, 0.29) is 0 Å². The molecule has 4 heteroatoms. The predicted molar refractivity (Wildman–Crippen MR) is 78.3 cm³/mol. The predicted octanol–water partition coefficient (Wildman–Crippen LogP) is 2.95. The summed E-state index contributed by atoms with van der Waals surface area (Å²) in [5, 5.41) is 1.20. The minimum absolute atomic E-state index is 0.306. The lowest BCUT2D eigenvalue weighted by molar-refractivity contribution is -0.127. The molecule has 1 aromatic heterocycles. The number of carbonyl (C=O) groups is 1. The van der Waals surface area contributed by atoms with Crippen LogP contribution in [-0.2, 0) is 4.79 Å². The van der Waals surface area contributed by atoms with Gasteiger partial charge in [-0.25, -0.2) is 0 Å². The van der Waals surface area contributed by atoms with Gasteiger partial charge >= 0.3 is 0 Å². The second kappa shape index (κ2) is 5.61. The number of amides is 1. The number of pyridine rings is 1. The van der Waals surface area contributed by atoms with Gasteiger partial charge in [0.1, 0.15) is 0 Å². The fourth-order valence-electron chi connectivity index (χ4n) is 2.40. The lowest BCUT2D eigenvalue weighted by Gasteiger charge is -2.15. The Morgan fingerprint density at radius 1 is 1.26 bits per heavy atom. The van der Waals surface area contributed by atoms with Gasteiger partial charge in [-0.1, -0.05) is 18.2 Å². The molecule has 0 N–H and O–H groups in total. The Labute approximate surface area is 117 Å². The highest BCUT2D eigenvalue weighted by Gasteiger charge is 2.19. The van der Waals surface area contributed by atoms with Crippen molar-refractivity contribution in [2.45, 2.75) is 17.7 Å². The lowest BCUT2D eigenvalue weighted by atomic mass is 10.2. The Bertz CT molecular complexity index is 594. The van der Waals surface area contributed by atoms with E-state index in [4.69, 9.17) is 0 Å². The van der Waals surface area contributed by atoms with Crippen LogP contribution >= 0.6 is 11.8 Å². The van der Waals surface area contributed by atoms with E-state index in [9.17, 15) is 4.79 Å². The number of hydrogen-bond donors (Lipinski definition) is 0. The number of hydrogen-bond acceptors (Lipinski definition) is 3. The number of fused-ring (bicyclic) bond motifs is 1. The number of rotatable bonds is 4. The molecule has 0 spiro atoms. The first-order valence-corrected chi connectivity index (χ1v) is 7.57. The van der Waals surface area contributed by atoms with Crippen molar-refractivity contribution in [3.05, 3.63) is 36.5 Å². The summed E-state index contributed by atoms with van der Waals surface area (Å²) in [7, 11) is 0. The number of carbonyl (C=O) groups excluding carboxylic acids is 1. The SMILES string of the molecule is O=C1CCCN1CCSc1ccnc2ccccc12. The quantitative estimate of drug-likeness (QED) is 0.802. The summed E-state index contributed by atoms with van der Waals surface area (Å²) >= 11 is 1.80. The fraction of sp³-hybridized carbons (Fsp3) is 0.333. The summed E-state index contributed by atoms with van der Waals surface area (Å²) in [5.74, 6) is 1.25. The van der Waals surface area contributed by atoms with Gasteiger partial charge in [-0.3, -0.25) is 9.78 Å². The zero-order valence-electron chi connectivity index (χ0n) is 10.7. The van der Waals surface area contributed by atoms with E-state index in [1.54, 1.807) is 11.8 Å². The zero-order valence-corrected chi connectivity index (χ0v) is 11.5. The van der Waals surface area contributed by atoms with Crippen LogP contribution in [0.1, 0.15) is 12.8 Å². The average molecular weight is 272 g/mol. The Kier molecular flexibility index (Phi) is 3.69. The topological polar surface area (TPSA) is 33.2 Å². The molecule has 0 radical (unpaired) electrons. The first-order valence-electron chi connectivity index (χ1n) is 6.59. The van der Waals surface area contributed by atoms with E-state index in [1.807, 2.05) is 29.3 Å². The third-order valence-corrected chi connectivity index (χ3v) is 4.45. The van der Waals surface area contributed by atoms with E-state index < -0.39 is 0 Å². The standard InChI is InChI=1S/C15H16N2OS/c18-15-6-3-9-17(15)10-11-19-14-7-8-16-13-5-2-1-4-12(13)14/h1-2,4-5,7-8H,3,6,9-11H2. The fourth-order valence-corrected chi connectivity index (χ4v) is 3.42. The molecule has 0 bridgehead atoms. The molecule has 1 aromatic carbocycles. The van der Waals surface area contributed by atoms with Crippen LogP contribution in [0.15, 0.2) is 41.4 Å². The number of likely N-dealkylation sites (tertiary alicyclic amines) is 1. The molecule has 2 aromatic rings. The lowest BCUT2D eigenvalue weighted by Crippen LogP contribution is -2.26. The summed E-state index contributed by atoms with van der Waals surface area (Å²) in [4.78, 5) is 19.1. The molecule has 1 saturated heterocycles. The van der Waals surface area contributed by atoms with Crippen molar-refractivity contribution in [3.63, 3.8) is 0 Å². The van der Waals surface area contributed by atoms with Gasteiger partial charge in [0.25, 0.3) is 0 Å². The second-order valence-electron chi connectivity index (χ2n) is 4.66. The van der Waals surface area contributed by atoms with Crippen molar-refractivity contribution in [2.24, 2.45) is 0 Å². The maximum atomic E-state index is 11.5. The van der Waals surface area contributed by atoms with Crippen molar-refractivity contribution >= 4 is 28.6 Å². The summed E-state index contributed by atoms with van der Waals surface area (Å²) in [5.41, 5.74) is 1.03. The summed E-state index contributed by atoms with van der Waals surface area (Å²) in [6.45, 7) is 1.77. The Hall–Kier alpha value is -1.55. The molecule has 1 amide bonds. The molecule has 1 aliphatic rings. The number of aromatic nitrogens is 1. The van der Waals surface area contributed by atoms with Crippen LogP contribution < -0.4 is 0 Å². The Morgan fingerprint density at radius 3 is 3.00 bits per heavy atom. The Morgan fingerprint density at radius 2 is 2.16 bits per heavy atom. The normalized spacial score (nSPS) is 15.4. The number of nitrogens with zero attached hydrogens (tertiary/aromatic N) is 2. The molecule has 98 valence electrons. The van der Waals surface area contributed by atoms with Crippen molar-refractivity contribution in [3.8, 4) is 0 Å². The number of para-hydroxylation sites is 1. The Balaban J connectivity index is 1.67. The second-order valence-corrected chi connectivity index (χ2v) is 5.80. The first-order chi connectivity index (χ1) is 9.34. The molecular formula is C15H16N2OS. The highest BCUT2D eigenvalue weighted by atomic mass is 32.2. The van der Waals surface area contributed by atoms with E-state index >= 15 is 0 Å². The van der Waals surface area contributed by atoms with Crippen LogP contribution in [0.25, 0.3) is 10.9 Å². The maximum Gasteiger partial charge on any atom is 0.222 e. The van der Waals surface area contributed by atoms with Gasteiger partial charge in [0.15, 0.2) is 0 Å². The molecule has 0 atom stereocenters. The largest absolute Gasteiger partial charge is 0.342 e. The molecule has 19 heavy (non-hydrogen) atoms. The van der Waals surface area contributed by atoms with Crippen molar-refractivity contribution in [2.75, 3.05) is 18.8 Å². The molecule has 1 aliphatic heterocycles. The first kappa shape index (κ1) is 12.5. The molecule has 3 rings (SSSR count). The van der Waals surface area contributed by atoms with Gasteiger partial charge in [0, 0.05) is 41.7 Å². The molecule has 2 heterocycles. The molecule has 0 aliphatic carbocycles. The number of benzene rings is 1. The molecule has 3 nitrogen and oxygen atoms in total. The molecular weight excluding hydrogens is 256 g/mol. The van der Waals surface area contributed by atoms with Gasteiger partial charge in [-0.15, -0.1) is 11.8 Å². The molecule has 0 unspecified atom stereocenters. The summed E-state index contributed by atoms with van der Waals surface area (Å²) in [6.07, 6.45) is 3.59. The van der Waals surface area contributed by atoms with Gasteiger partial charge < -0.3 is 4.90 Å². The maximum absolute atomic E-state index is 11.5. The minimum Gasteiger partial charge on any atom is -0.342 e. The van der Waals surface area contributed by atoms with Crippen molar-refractivity contribution in [1.82, 2.24) is 9.88 Å². The van der Waals surface area contributed by atoms with Gasteiger partial charge in [0.05, 0.1) is 5.52 Å². The molecule has 0 saturated carbocycles. The zero-order chi connectivity index (χ0) is 13.1. The van der Waals surface area contributed by atoms with Crippen molar-refractivity contribution in [1.29, 1.82) is 0 Å². The third kappa shape index (κ3) is 2.73. The van der Waals surface area contributed by atoms with E-state index in [0.29, 0.717) is 5.91 Å². The average Bonchev–Trinajstić information content (AvgIpc) is 2.85. The summed E-state index contributed by atoms with van der Waals surface area (Å²) in [6, 6.07) is 10.2. The van der Waals surface area contributed by atoms with Crippen LogP contribution in [0.4, 0.5) is 0 Å². The van der Waals surface area contributed by atoms with Gasteiger partial charge in [-0.05, 0) is 18.6 Å². The minimum atomic E-state index is 0.306. The van der Waals surface area contributed by atoms with E-state index in [1.165, 1.54) is 10.3 Å². The van der Waals surface area contributed by atoms with Crippen LogP contribution in [0, 0.1) is 0 Å². The number of thioether (sulfide) groups is 1. The van der Waals surface area contributed by atoms with Crippen molar-refractivity contribution < 1.29 is 4.79 Å². The monoisotopic (exact) mass is 272 g/mol. The van der Waals surface area contributed by atoms with Gasteiger partial charge in [0.2, 0.25) is 5.91 Å². The third-order valence-electron chi connectivity index (χ3n) is 3.40.